The summed E-state index contributed by atoms with van der Waals surface area (Å²) in [6.07, 6.45) is 1.80. The molecule has 0 heterocycles. The molecule has 0 aromatic rings. The zero-order valence-electron chi connectivity index (χ0n) is 10.0. The quantitative estimate of drug-likeness (QED) is 0.647. The zero-order valence-corrected chi connectivity index (χ0v) is 10.0. The standard InChI is InChI=1S/C11H21NO2/c1-9(13)10(7-12(5)6)8-14-11(2,3)4/h7H,8H2,1-6H3/b10-7+. The van der Waals surface area contributed by atoms with E-state index in [0.29, 0.717) is 12.2 Å². The van der Waals surface area contributed by atoms with Crippen LogP contribution in [-0.4, -0.2) is 37.0 Å². The predicted molar refractivity (Wildman–Crippen MR) is 58.2 cm³/mol. The van der Waals surface area contributed by atoms with E-state index >= 15 is 0 Å². The largest absolute Gasteiger partial charge is 0.383 e. The van der Waals surface area contributed by atoms with Crippen molar-refractivity contribution < 1.29 is 9.53 Å². The van der Waals surface area contributed by atoms with E-state index in [1.807, 2.05) is 39.8 Å². The second kappa shape index (κ2) is 5.15. The van der Waals surface area contributed by atoms with E-state index in [0.717, 1.165) is 0 Å². The van der Waals surface area contributed by atoms with Gasteiger partial charge in [-0.25, -0.2) is 0 Å². The van der Waals surface area contributed by atoms with Crippen molar-refractivity contribution in [2.24, 2.45) is 0 Å². The second-order valence-electron chi connectivity index (χ2n) is 4.58. The molecule has 0 saturated carbocycles. The van der Waals surface area contributed by atoms with Gasteiger partial charge in [-0.2, -0.15) is 0 Å². The van der Waals surface area contributed by atoms with E-state index in [9.17, 15) is 4.79 Å². The average Bonchev–Trinajstić information content (AvgIpc) is 1.94. The molecule has 3 nitrogen and oxygen atoms in total. The number of hydrogen-bond donors (Lipinski definition) is 0. The van der Waals surface area contributed by atoms with Crippen LogP contribution in [-0.2, 0) is 9.53 Å². The van der Waals surface area contributed by atoms with Gasteiger partial charge in [-0.3, -0.25) is 4.79 Å². The van der Waals surface area contributed by atoms with Crippen molar-refractivity contribution in [3.8, 4) is 0 Å². The fourth-order valence-corrected chi connectivity index (χ4v) is 0.836. The number of ketones is 1. The fraction of sp³-hybridized carbons (Fsp3) is 0.727. The van der Waals surface area contributed by atoms with Gasteiger partial charge in [0.05, 0.1) is 12.2 Å². The maximum Gasteiger partial charge on any atom is 0.159 e. The van der Waals surface area contributed by atoms with Gasteiger partial charge in [-0.15, -0.1) is 0 Å². The minimum Gasteiger partial charge on any atom is -0.383 e. The highest BCUT2D eigenvalue weighted by Gasteiger charge is 2.13. The molecule has 0 unspecified atom stereocenters. The highest BCUT2D eigenvalue weighted by molar-refractivity contribution is 5.93. The number of ether oxygens (including phenoxy) is 1. The predicted octanol–water partition coefficient (Wildman–Crippen LogP) is 1.84. The molecular weight excluding hydrogens is 178 g/mol. The van der Waals surface area contributed by atoms with Crippen LogP contribution in [0.15, 0.2) is 11.8 Å². The summed E-state index contributed by atoms with van der Waals surface area (Å²) in [6, 6.07) is 0. The molecule has 14 heavy (non-hydrogen) atoms. The molecule has 0 fully saturated rings. The van der Waals surface area contributed by atoms with Gasteiger partial charge >= 0.3 is 0 Å². The lowest BCUT2D eigenvalue weighted by molar-refractivity contribution is -0.114. The van der Waals surface area contributed by atoms with E-state index in [1.165, 1.54) is 0 Å². The lowest BCUT2D eigenvalue weighted by atomic mass is 10.1. The van der Waals surface area contributed by atoms with Crippen molar-refractivity contribution in [1.82, 2.24) is 4.90 Å². The molecule has 0 radical (unpaired) electrons. The Labute approximate surface area is 86.7 Å². The molecule has 0 rings (SSSR count). The van der Waals surface area contributed by atoms with E-state index in [1.54, 1.807) is 13.1 Å². The van der Waals surface area contributed by atoms with Crippen LogP contribution in [0.2, 0.25) is 0 Å². The van der Waals surface area contributed by atoms with Crippen molar-refractivity contribution in [3.05, 3.63) is 11.8 Å². The Morgan fingerprint density at radius 1 is 1.36 bits per heavy atom. The second-order valence-corrected chi connectivity index (χ2v) is 4.58. The topological polar surface area (TPSA) is 29.5 Å². The summed E-state index contributed by atoms with van der Waals surface area (Å²) >= 11 is 0. The number of rotatable bonds is 4. The molecule has 0 bridgehead atoms. The summed E-state index contributed by atoms with van der Waals surface area (Å²) in [5, 5.41) is 0. The number of hydrogen-bond acceptors (Lipinski definition) is 3. The molecule has 0 atom stereocenters. The lowest BCUT2D eigenvalue weighted by Gasteiger charge is -2.20. The van der Waals surface area contributed by atoms with E-state index in [2.05, 4.69) is 0 Å². The maximum absolute atomic E-state index is 11.2. The summed E-state index contributed by atoms with van der Waals surface area (Å²) in [5.41, 5.74) is 0.492. The Morgan fingerprint density at radius 2 is 1.86 bits per heavy atom. The molecule has 0 aliphatic heterocycles. The van der Waals surface area contributed by atoms with E-state index in [-0.39, 0.29) is 11.4 Å². The first-order valence-electron chi connectivity index (χ1n) is 4.74. The minimum atomic E-state index is -0.207. The van der Waals surface area contributed by atoms with Gasteiger partial charge in [-0.05, 0) is 27.7 Å². The summed E-state index contributed by atoms with van der Waals surface area (Å²) < 4.78 is 5.54. The van der Waals surface area contributed by atoms with Crippen LogP contribution in [0.1, 0.15) is 27.7 Å². The average molecular weight is 199 g/mol. The van der Waals surface area contributed by atoms with Gasteiger partial charge in [0.25, 0.3) is 0 Å². The van der Waals surface area contributed by atoms with Crippen molar-refractivity contribution in [2.75, 3.05) is 20.7 Å². The van der Waals surface area contributed by atoms with Gasteiger partial charge in [0, 0.05) is 25.9 Å². The summed E-state index contributed by atoms with van der Waals surface area (Å²) in [7, 11) is 3.78. The van der Waals surface area contributed by atoms with E-state index in [4.69, 9.17) is 4.74 Å². The highest BCUT2D eigenvalue weighted by Crippen LogP contribution is 2.10. The van der Waals surface area contributed by atoms with Crippen molar-refractivity contribution in [1.29, 1.82) is 0 Å². The maximum atomic E-state index is 11.2. The monoisotopic (exact) mass is 199 g/mol. The molecule has 3 heteroatoms. The van der Waals surface area contributed by atoms with Gasteiger partial charge in [0.15, 0.2) is 5.78 Å². The minimum absolute atomic E-state index is 0.0583. The molecule has 0 saturated heterocycles. The molecule has 0 aliphatic carbocycles. The van der Waals surface area contributed by atoms with Gasteiger partial charge < -0.3 is 9.64 Å². The molecule has 82 valence electrons. The Kier molecular flexibility index (Phi) is 4.85. The molecule has 0 aromatic carbocycles. The first-order chi connectivity index (χ1) is 6.22. The van der Waals surface area contributed by atoms with Crippen LogP contribution in [0.3, 0.4) is 0 Å². The lowest BCUT2D eigenvalue weighted by Crippen LogP contribution is -2.22. The third-order valence-corrected chi connectivity index (χ3v) is 1.53. The van der Waals surface area contributed by atoms with Crippen LogP contribution >= 0.6 is 0 Å². The van der Waals surface area contributed by atoms with Crippen LogP contribution in [0.5, 0.6) is 0 Å². The summed E-state index contributed by atoms with van der Waals surface area (Å²) in [5.74, 6) is 0.0583. The fourth-order valence-electron chi connectivity index (χ4n) is 0.836. The van der Waals surface area contributed by atoms with Crippen LogP contribution in [0, 0.1) is 0 Å². The Balaban J connectivity index is 4.34. The van der Waals surface area contributed by atoms with Gasteiger partial charge in [-0.1, -0.05) is 0 Å². The highest BCUT2D eigenvalue weighted by atomic mass is 16.5. The number of Topliss-reactive ketones (excluding diaryl/α,β-unsaturated/α-hetero) is 1. The number of carbonyl (C=O) groups is 1. The third-order valence-electron chi connectivity index (χ3n) is 1.53. The molecular formula is C11H21NO2. The molecule has 0 amide bonds. The van der Waals surface area contributed by atoms with Gasteiger partial charge in [0.2, 0.25) is 0 Å². The van der Waals surface area contributed by atoms with Crippen LogP contribution < -0.4 is 0 Å². The molecule has 0 aliphatic rings. The zero-order chi connectivity index (χ0) is 11.4. The first kappa shape index (κ1) is 13.2. The third kappa shape index (κ3) is 6.66. The van der Waals surface area contributed by atoms with Crippen LogP contribution in [0.4, 0.5) is 0 Å². The van der Waals surface area contributed by atoms with Crippen molar-refractivity contribution in [2.45, 2.75) is 33.3 Å². The summed E-state index contributed by atoms with van der Waals surface area (Å²) in [4.78, 5) is 13.1. The first-order valence-corrected chi connectivity index (χ1v) is 4.74. The normalized spacial score (nSPS) is 12.9. The molecule has 0 N–H and O–H groups in total. The van der Waals surface area contributed by atoms with Crippen molar-refractivity contribution >= 4 is 5.78 Å². The SMILES string of the molecule is CC(=O)/C(=C/N(C)C)COC(C)(C)C. The number of carbonyl (C=O) groups excluding carboxylic acids is 1. The number of nitrogens with zero attached hydrogens (tertiary/aromatic N) is 1. The Hall–Kier alpha value is -0.830. The van der Waals surface area contributed by atoms with E-state index < -0.39 is 0 Å². The molecule has 0 aromatic heterocycles. The Bertz CT molecular complexity index is 224. The summed E-state index contributed by atoms with van der Waals surface area (Å²) in [6.45, 7) is 7.85. The van der Waals surface area contributed by atoms with Crippen LogP contribution in [0.25, 0.3) is 0 Å². The van der Waals surface area contributed by atoms with Gasteiger partial charge in [0.1, 0.15) is 0 Å². The Morgan fingerprint density at radius 3 is 2.14 bits per heavy atom. The molecule has 0 spiro atoms. The smallest absolute Gasteiger partial charge is 0.159 e. The van der Waals surface area contributed by atoms with Crippen molar-refractivity contribution in [3.63, 3.8) is 0 Å².